The normalized spacial score (nSPS) is 36.1. The summed E-state index contributed by atoms with van der Waals surface area (Å²) in [6.07, 6.45) is 5.36. The van der Waals surface area contributed by atoms with Gasteiger partial charge in [-0.3, -0.25) is 0 Å². The molecule has 1 heterocycles. The number of nitrogens with one attached hydrogen (secondary N) is 5. The Hall–Kier alpha value is 0.899. The van der Waals surface area contributed by atoms with E-state index in [1.165, 1.54) is 25.7 Å². The molecule has 0 aromatic carbocycles. The molecule has 25 heavy (non-hydrogen) atoms. The molecule has 1 saturated carbocycles. The molecular formula is C17H37Cl2MnN5. The van der Waals surface area contributed by atoms with Crippen LogP contribution in [0.5, 0.6) is 0 Å². The summed E-state index contributed by atoms with van der Waals surface area (Å²) in [6, 6.07) is 2.83. The summed E-state index contributed by atoms with van der Waals surface area (Å²) >= 11 is 0.00694. The third-order valence-corrected chi connectivity index (χ3v) is 5.02. The molecule has 0 amide bonds. The van der Waals surface area contributed by atoms with E-state index in [-0.39, 0.29) is 13.1 Å². The van der Waals surface area contributed by atoms with Gasteiger partial charge in [0.05, 0.1) is 0 Å². The maximum atomic E-state index is 4.80. The molecule has 1 aliphatic carbocycles. The minimum absolute atomic E-state index is 0.00694. The molecular weight excluding hydrogens is 400 g/mol. The van der Waals surface area contributed by atoms with Crippen molar-refractivity contribution in [3.63, 3.8) is 0 Å². The van der Waals surface area contributed by atoms with Gasteiger partial charge in [0.1, 0.15) is 0 Å². The van der Waals surface area contributed by atoms with Crippen LogP contribution in [0, 0.1) is 0 Å². The van der Waals surface area contributed by atoms with Gasteiger partial charge in [-0.1, -0.05) is 12.8 Å². The summed E-state index contributed by atoms with van der Waals surface area (Å²) in [5.41, 5.74) is 0. The minimum atomic E-state index is 0.00694. The molecule has 0 aromatic rings. The predicted octanol–water partition coefficient (Wildman–Crippen LogP) is 1.80. The molecule has 2 rings (SSSR count). The molecule has 1 saturated heterocycles. The molecule has 5 N–H and O–H groups in total. The molecule has 1 aliphatic heterocycles. The summed E-state index contributed by atoms with van der Waals surface area (Å²) in [6.45, 7) is 12.0. The predicted molar refractivity (Wildman–Crippen MR) is 106 cm³/mol. The number of hydrogen-bond donors (Lipinski definition) is 5. The van der Waals surface area contributed by atoms with Gasteiger partial charge in [0, 0.05) is 62.9 Å². The van der Waals surface area contributed by atoms with Crippen molar-refractivity contribution in [3.05, 3.63) is 0 Å². The molecule has 5 atom stereocenters. The Labute approximate surface area is 169 Å². The first-order valence-electron chi connectivity index (χ1n) is 9.60. The zero-order valence-corrected chi connectivity index (χ0v) is 18.6. The Morgan fingerprint density at radius 2 is 1.00 bits per heavy atom. The maximum absolute atomic E-state index is 4.80. The van der Waals surface area contributed by atoms with Crippen LogP contribution in [-0.4, -0.2) is 62.9 Å². The van der Waals surface area contributed by atoms with Crippen LogP contribution in [0.4, 0.5) is 0 Å². The Balaban J connectivity index is 0.000000970. The topological polar surface area (TPSA) is 60.1 Å². The summed E-state index contributed by atoms with van der Waals surface area (Å²) in [5.74, 6) is 0. The summed E-state index contributed by atoms with van der Waals surface area (Å²) in [5, 5.41) is 18.4. The number of halogens is 2. The van der Waals surface area contributed by atoms with Crippen LogP contribution in [0.1, 0.15) is 46.5 Å². The van der Waals surface area contributed by atoms with Crippen LogP contribution in [0.3, 0.4) is 0 Å². The standard InChI is InChI=1S/C17H37N5.2ClH.Mn/c1-13-10-20-15(3)12-22-17-7-5-4-6-16(17)21-11-14(2)19-9-8-18-13;;;/h13-22H,4-12H2,1-3H3;2*1H;/q;;;+2/p-2/t13-,14-,15-,16?,17?;;;/m0.../s1. The van der Waals surface area contributed by atoms with E-state index in [1.54, 1.807) is 0 Å². The fourth-order valence-corrected chi connectivity index (χ4v) is 3.51. The van der Waals surface area contributed by atoms with Gasteiger partial charge in [-0.2, -0.15) is 0 Å². The molecule has 0 bridgehead atoms. The van der Waals surface area contributed by atoms with Crippen LogP contribution in [0.25, 0.3) is 0 Å². The van der Waals surface area contributed by atoms with E-state index in [0.29, 0.717) is 30.2 Å². The van der Waals surface area contributed by atoms with Crippen LogP contribution >= 0.6 is 20.2 Å². The third kappa shape index (κ3) is 11.4. The van der Waals surface area contributed by atoms with E-state index < -0.39 is 0 Å². The average molecular weight is 437 g/mol. The molecule has 8 heteroatoms. The zero-order chi connectivity index (χ0) is 18.5. The van der Waals surface area contributed by atoms with Gasteiger partial charge in [0.25, 0.3) is 0 Å². The second kappa shape index (κ2) is 14.9. The van der Waals surface area contributed by atoms with Gasteiger partial charge in [-0.05, 0) is 33.6 Å². The van der Waals surface area contributed by atoms with Crippen molar-refractivity contribution >= 4 is 20.2 Å². The van der Waals surface area contributed by atoms with Crippen LogP contribution in [0.15, 0.2) is 0 Å². The summed E-state index contributed by atoms with van der Waals surface area (Å²) in [4.78, 5) is 0. The first kappa shape index (κ1) is 23.9. The Bertz CT molecular complexity index is 327. The van der Waals surface area contributed by atoms with Gasteiger partial charge in [-0.25, -0.2) is 0 Å². The van der Waals surface area contributed by atoms with Crippen molar-refractivity contribution < 1.29 is 13.1 Å². The van der Waals surface area contributed by atoms with Gasteiger partial charge in [0.2, 0.25) is 0 Å². The van der Waals surface area contributed by atoms with E-state index in [0.717, 1.165) is 32.7 Å². The van der Waals surface area contributed by atoms with Crippen molar-refractivity contribution in [2.45, 2.75) is 76.7 Å². The van der Waals surface area contributed by atoms with Crippen molar-refractivity contribution in [2.24, 2.45) is 0 Å². The third-order valence-electron chi connectivity index (χ3n) is 5.02. The van der Waals surface area contributed by atoms with Crippen LogP contribution in [-0.2, 0) is 13.1 Å². The number of rotatable bonds is 0. The van der Waals surface area contributed by atoms with E-state index >= 15 is 0 Å². The summed E-state index contributed by atoms with van der Waals surface area (Å²) in [7, 11) is 9.59. The van der Waals surface area contributed by atoms with Crippen molar-refractivity contribution in [1.29, 1.82) is 0 Å². The van der Waals surface area contributed by atoms with Gasteiger partial charge < -0.3 is 26.6 Å². The van der Waals surface area contributed by atoms with E-state index in [9.17, 15) is 0 Å². The van der Waals surface area contributed by atoms with Crippen LogP contribution < -0.4 is 26.6 Å². The second-order valence-corrected chi connectivity index (χ2v) is 9.34. The molecule has 0 spiro atoms. The molecule has 0 radical (unpaired) electrons. The van der Waals surface area contributed by atoms with Crippen molar-refractivity contribution in [3.8, 4) is 0 Å². The van der Waals surface area contributed by atoms with Crippen molar-refractivity contribution in [1.82, 2.24) is 26.6 Å². The van der Waals surface area contributed by atoms with Gasteiger partial charge >= 0.3 is 33.3 Å². The van der Waals surface area contributed by atoms with Gasteiger partial charge in [-0.15, -0.1) is 0 Å². The fourth-order valence-electron chi connectivity index (χ4n) is 3.51. The molecule has 2 aliphatic rings. The van der Waals surface area contributed by atoms with Gasteiger partial charge in [0.15, 0.2) is 0 Å². The Kier molecular flexibility index (Phi) is 14.3. The van der Waals surface area contributed by atoms with E-state index in [1.807, 2.05) is 0 Å². The van der Waals surface area contributed by atoms with Crippen molar-refractivity contribution in [2.75, 3.05) is 32.7 Å². The second-order valence-electron chi connectivity index (χ2n) is 7.39. The fraction of sp³-hybridized carbons (Fsp3) is 1.00. The number of fused-ring (bicyclic) bond motifs is 1. The Morgan fingerprint density at radius 3 is 1.44 bits per heavy atom. The monoisotopic (exact) mass is 436 g/mol. The quantitative estimate of drug-likeness (QED) is 0.375. The van der Waals surface area contributed by atoms with E-state index in [4.69, 9.17) is 20.2 Å². The molecule has 151 valence electrons. The summed E-state index contributed by atoms with van der Waals surface area (Å²) < 4.78 is 0. The SMILES string of the molecule is C[C@H]1CNC2CCCCC2NC[C@H](C)NC[C@H](C)NCCN1.[Cl][Mn][Cl]. The average Bonchev–Trinajstić information content (AvgIpc) is 2.61. The molecule has 0 aromatic heterocycles. The van der Waals surface area contributed by atoms with E-state index in [2.05, 4.69) is 47.4 Å². The Morgan fingerprint density at radius 1 is 0.640 bits per heavy atom. The molecule has 2 fully saturated rings. The first-order chi connectivity index (χ1) is 12.1. The first-order valence-corrected chi connectivity index (χ1v) is 12.9. The zero-order valence-electron chi connectivity index (χ0n) is 15.9. The molecule has 5 nitrogen and oxygen atoms in total. The van der Waals surface area contributed by atoms with Crippen LogP contribution in [0.2, 0.25) is 0 Å². The number of hydrogen-bond acceptors (Lipinski definition) is 5. The molecule has 2 unspecified atom stereocenters.